The minimum Gasteiger partial charge on any atom is -0.369 e. The maximum Gasteiger partial charge on any atom is 0.0819 e. The molecule has 2 aromatic rings. The van der Waals surface area contributed by atoms with Crippen molar-refractivity contribution < 1.29 is 0 Å². The van der Waals surface area contributed by atoms with Crippen molar-refractivity contribution in [2.45, 2.75) is 38.3 Å². The number of likely N-dealkylation sites (N-methyl/N-ethyl adjacent to an activating group) is 1. The Balaban J connectivity index is 1.44. The lowest BCUT2D eigenvalue weighted by Gasteiger charge is -2.42. The molecule has 0 bridgehead atoms. The molecule has 3 nitrogen and oxygen atoms in total. The lowest BCUT2D eigenvalue weighted by Crippen LogP contribution is -2.45. The number of piperazine rings is 1. The maximum atomic E-state index is 2.63. The Hall–Kier alpha value is -2.04. The molecule has 2 aliphatic heterocycles. The number of anilines is 1. The fourth-order valence-electron chi connectivity index (χ4n) is 5.18. The van der Waals surface area contributed by atoms with Crippen LogP contribution < -0.4 is 4.90 Å². The van der Waals surface area contributed by atoms with E-state index in [4.69, 9.17) is 0 Å². The summed E-state index contributed by atoms with van der Waals surface area (Å²) in [6, 6.07) is 10.1. The predicted molar refractivity (Wildman–Crippen MR) is 124 cm³/mol. The molecular formula is C25H31N3S. The van der Waals surface area contributed by atoms with E-state index in [1.807, 2.05) is 11.3 Å². The SMILES string of the molecule is Cc1ccc(N2CCN(C)CC2)c2c1CC[C@@H](N1C=CC=CC1c1cccs1)C2. The van der Waals surface area contributed by atoms with Crippen LogP contribution in [0.3, 0.4) is 0 Å². The number of hydrogen-bond donors (Lipinski definition) is 0. The summed E-state index contributed by atoms with van der Waals surface area (Å²) in [5.74, 6) is 0. The Kier molecular flexibility index (Phi) is 5.23. The summed E-state index contributed by atoms with van der Waals surface area (Å²) in [6.07, 6.45) is 12.7. The minimum atomic E-state index is 0.378. The molecule has 1 aromatic carbocycles. The number of nitrogens with zero attached hydrogens (tertiary/aromatic N) is 3. The first-order valence-corrected chi connectivity index (χ1v) is 11.8. The second-order valence-corrected chi connectivity index (χ2v) is 9.66. The van der Waals surface area contributed by atoms with Crippen LogP contribution in [-0.4, -0.2) is 49.1 Å². The summed E-state index contributed by atoms with van der Waals surface area (Å²) in [6.45, 7) is 6.89. The van der Waals surface area contributed by atoms with E-state index in [-0.39, 0.29) is 0 Å². The van der Waals surface area contributed by atoms with Gasteiger partial charge in [-0.3, -0.25) is 0 Å². The van der Waals surface area contributed by atoms with E-state index in [0.29, 0.717) is 12.1 Å². The van der Waals surface area contributed by atoms with Crippen molar-refractivity contribution in [2.24, 2.45) is 0 Å². The fraction of sp³-hybridized carbons (Fsp3) is 0.440. The van der Waals surface area contributed by atoms with Gasteiger partial charge in [0.1, 0.15) is 0 Å². The van der Waals surface area contributed by atoms with Crippen LogP contribution in [0.2, 0.25) is 0 Å². The van der Waals surface area contributed by atoms with Gasteiger partial charge in [0.2, 0.25) is 0 Å². The van der Waals surface area contributed by atoms with Crippen LogP contribution in [0, 0.1) is 6.92 Å². The van der Waals surface area contributed by atoms with Crippen molar-refractivity contribution in [3.05, 3.63) is 75.6 Å². The smallest absolute Gasteiger partial charge is 0.0819 e. The van der Waals surface area contributed by atoms with Crippen molar-refractivity contribution in [2.75, 3.05) is 38.1 Å². The normalized spacial score (nSPS) is 24.8. The molecule has 0 spiro atoms. The molecule has 29 heavy (non-hydrogen) atoms. The number of aryl methyl sites for hydroxylation is 1. The van der Waals surface area contributed by atoms with E-state index in [2.05, 4.69) is 82.7 Å². The summed E-state index contributed by atoms with van der Waals surface area (Å²) >= 11 is 1.87. The van der Waals surface area contributed by atoms with E-state index in [1.165, 1.54) is 29.0 Å². The van der Waals surface area contributed by atoms with Crippen molar-refractivity contribution in [3.8, 4) is 0 Å². The van der Waals surface area contributed by atoms with Gasteiger partial charge in [-0.15, -0.1) is 11.3 Å². The van der Waals surface area contributed by atoms with Crippen LogP contribution in [0.4, 0.5) is 5.69 Å². The average molecular weight is 406 g/mol. The molecular weight excluding hydrogens is 374 g/mol. The summed E-state index contributed by atoms with van der Waals surface area (Å²) < 4.78 is 0. The minimum absolute atomic E-state index is 0.378. The van der Waals surface area contributed by atoms with Crippen LogP contribution in [0.15, 0.2) is 54.1 Å². The molecule has 1 saturated heterocycles. The number of benzene rings is 1. The molecule has 1 fully saturated rings. The molecule has 5 rings (SSSR count). The van der Waals surface area contributed by atoms with Crippen molar-refractivity contribution in [1.82, 2.24) is 9.80 Å². The first-order valence-electron chi connectivity index (χ1n) is 10.9. The highest BCUT2D eigenvalue weighted by Crippen LogP contribution is 2.39. The molecule has 1 aromatic heterocycles. The molecule has 1 aliphatic carbocycles. The fourth-order valence-corrected chi connectivity index (χ4v) is 5.99. The molecule has 0 N–H and O–H groups in total. The molecule has 152 valence electrons. The van der Waals surface area contributed by atoms with Crippen molar-refractivity contribution in [3.63, 3.8) is 0 Å². The Morgan fingerprint density at radius 1 is 1.00 bits per heavy atom. The van der Waals surface area contributed by atoms with E-state index in [1.54, 1.807) is 11.1 Å². The topological polar surface area (TPSA) is 9.72 Å². The number of rotatable bonds is 3. The number of allylic oxidation sites excluding steroid dienone is 2. The Bertz CT molecular complexity index is 906. The lowest BCUT2D eigenvalue weighted by atomic mass is 9.83. The number of fused-ring (bicyclic) bond motifs is 1. The Morgan fingerprint density at radius 2 is 1.86 bits per heavy atom. The van der Waals surface area contributed by atoms with Gasteiger partial charge in [-0.2, -0.15) is 0 Å². The van der Waals surface area contributed by atoms with Crippen LogP contribution in [0.25, 0.3) is 0 Å². The third kappa shape index (κ3) is 3.64. The lowest BCUT2D eigenvalue weighted by molar-refractivity contribution is 0.215. The Morgan fingerprint density at radius 3 is 2.66 bits per heavy atom. The van der Waals surface area contributed by atoms with Gasteiger partial charge < -0.3 is 14.7 Å². The molecule has 0 amide bonds. The van der Waals surface area contributed by atoms with E-state index < -0.39 is 0 Å². The van der Waals surface area contributed by atoms with Gasteiger partial charge in [0.15, 0.2) is 0 Å². The molecule has 2 atom stereocenters. The molecule has 4 heteroatoms. The van der Waals surface area contributed by atoms with E-state index in [9.17, 15) is 0 Å². The Labute approximate surface area is 178 Å². The van der Waals surface area contributed by atoms with Crippen molar-refractivity contribution in [1.29, 1.82) is 0 Å². The molecule has 0 saturated carbocycles. The summed E-state index contributed by atoms with van der Waals surface area (Å²) in [4.78, 5) is 9.13. The third-order valence-electron chi connectivity index (χ3n) is 6.89. The van der Waals surface area contributed by atoms with Crippen LogP contribution in [0.5, 0.6) is 0 Å². The summed E-state index contributed by atoms with van der Waals surface area (Å²) in [5, 5.41) is 2.20. The zero-order valence-electron chi connectivity index (χ0n) is 17.6. The largest absolute Gasteiger partial charge is 0.369 e. The van der Waals surface area contributed by atoms with Crippen molar-refractivity contribution >= 4 is 17.0 Å². The van der Waals surface area contributed by atoms with E-state index in [0.717, 1.165) is 32.6 Å². The van der Waals surface area contributed by atoms with Gasteiger partial charge in [-0.25, -0.2) is 0 Å². The monoisotopic (exact) mass is 405 g/mol. The summed E-state index contributed by atoms with van der Waals surface area (Å²) in [5.41, 5.74) is 6.19. The second kappa shape index (κ2) is 8.00. The van der Waals surface area contributed by atoms with Gasteiger partial charge >= 0.3 is 0 Å². The zero-order chi connectivity index (χ0) is 19.8. The van der Waals surface area contributed by atoms with Gasteiger partial charge in [0, 0.05) is 49.0 Å². The van der Waals surface area contributed by atoms with Crippen LogP contribution in [0.1, 0.15) is 34.0 Å². The first kappa shape index (κ1) is 19.0. The number of hydrogen-bond acceptors (Lipinski definition) is 4. The maximum absolute atomic E-state index is 2.63. The van der Waals surface area contributed by atoms with Gasteiger partial charge in [-0.05, 0) is 73.5 Å². The molecule has 1 unspecified atom stereocenters. The highest BCUT2D eigenvalue weighted by atomic mass is 32.1. The number of thiophene rings is 1. The van der Waals surface area contributed by atoms with Gasteiger partial charge in [-0.1, -0.05) is 24.3 Å². The standard InChI is InChI=1S/C25H31N3S/c1-19-8-11-23(27-15-13-26(2)14-16-27)22-18-20(9-10-21(19)22)28-12-4-3-6-24(28)25-7-5-17-29-25/h3-8,11-12,17,20,24H,9-10,13-16,18H2,1-2H3/t20-,24?/m1/s1. The zero-order valence-corrected chi connectivity index (χ0v) is 18.4. The molecule has 3 heterocycles. The van der Waals surface area contributed by atoms with Gasteiger partial charge in [0.25, 0.3) is 0 Å². The first-order chi connectivity index (χ1) is 14.2. The second-order valence-electron chi connectivity index (χ2n) is 8.68. The van der Waals surface area contributed by atoms with E-state index >= 15 is 0 Å². The average Bonchev–Trinajstić information content (AvgIpc) is 3.29. The van der Waals surface area contributed by atoms with Crippen LogP contribution in [-0.2, 0) is 12.8 Å². The highest BCUT2D eigenvalue weighted by molar-refractivity contribution is 7.10. The molecule has 0 radical (unpaired) electrons. The third-order valence-corrected chi connectivity index (χ3v) is 7.84. The quantitative estimate of drug-likeness (QED) is 0.727. The molecule has 3 aliphatic rings. The predicted octanol–water partition coefficient (Wildman–Crippen LogP) is 4.79. The summed E-state index contributed by atoms with van der Waals surface area (Å²) in [7, 11) is 2.24. The highest BCUT2D eigenvalue weighted by Gasteiger charge is 2.31. The van der Waals surface area contributed by atoms with Crippen LogP contribution >= 0.6 is 11.3 Å². The van der Waals surface area contributed by atoms with Gasteiger partial charge in [0.05, 0.1) is 6.04 Å².